The number of anilines is 1. The van der Waals surface area contributed by atoms with Crippen LogP contribution in [0.1, 0.15) is 24.2 Å². The third-order valence-electron chi connectivity index (χ3n) is 5.45. The fourth-order valence-electron chi connectivity index (χ4n) is 3.72. The lowest BCUT2D eigenvalue weighted by atomic mass is 10.0. The Morgan fingerprint density at radius 1 is 1.10 bits per heavy atom. The molecule has 0 unspecified atom stereocenters. The molecule has 0 atom stereocenters. The normalized spacial score (nSPS) is 10.9. The Kier molecular flexibility index (Phi) is 5.58. The minimum Gasteiger partial charge on any atom is -0.496 e. The van der Waals surface area contributed by atoms with Crippen LogP contribution >= 0.6 is 0 Å². The van der Waals surface area contributed by atoms with Gasteiger partial charge in [-0.25, -0.2) is 4.98 Å². The Morgan fingerprint density at radius 2 is 1.87 bits per heavy atom. The maximum absolute atomic E-state index is 12.9. The number of nitrogen functional groups attached to an aromatic ring is 1. The zero-order chi connectivity index (χ0) is 22.0. The molecule has 4 aromatic rings. The second-order valence-electron chi connectivity index (χ2n) is 7.17. The van der Waals surface area contributed by atoms with Crippen molar-refractivity contribution in [3.63, 3.8) is 0 Å². The van der Waals surface area contributed by atoms with Crippen LogP contribution in [-0.4, -0.2) is 46.2 Å². The summed E-state index contributed by atoms with van der Waals surface area (Å²) in [5, 5.41) is 8.29. The van der Waals surface area contributed by atoms with Crippen LogP contribution < -0.4 is 10.5 Å². The number of pyridine rings is 1. The first-order chi connectivity index (χ1) is 15.1. The van der Waals surface area contributed by atoms with Crippen molar-refractivity contribution >= 4 is 22.6 Å². The van der Waals surface area contributed by atoms with Crippen LogP contribution in [0, 0.1) is 0 Å². The molecule has 4 rings (SSSR count). The summed E-state index contributed by atoms with van der Waals surface area (Å²) in [5.74, 6) is 0.675. The van der Waals surface area contributed by atoms with Gasteiger partial charge in [-0.1, -0.05) is 18.2 Å². The molecule has 0 bridgehead atoms. The van der Waals surface area contributed by atoms with E-state index in [4.69, 9.17) is 10.5 Å². The van der Waals surface area contributed by atoms with Gasteiger partial charge in [-0.15, -0.1) is 0 Å². The van der Waals surface area contributed by atoms with Crippen molar-refractivity contribution < 1.29 is 9.53 Å². The highest BCUT2D eigenvalue weighted by atomic mass is 16.5. The number of carbonyl (C=O) groups is 1. The van der Waals surface area contributed by atoms with Crippen molar-refractivity contribution in [2.24, 2.45) is 0 Å². The van der Waals surface area contributed by atoms with Gasteiger partial charge in [0, 0.05) is 41.5 Å². The number of aromatic nitrogens is 3. The van der Waals surface area contributed by atoms with Gasteiger partial charge >= 0.3 is 0 Å². The van der Waals surface area contributed by atoms with Crippen LogP contribution in [0.2, 0.25) is 0 Å². The van der Waals surface area contributed by atoms with Crippen LogP contribution in [0.15, 0.2) is 54.7 Å². The summed E-state index contributed by atoms with van der Waals surface area (Å²) in [6.45, 7) is 5.17. The van der Waals surface area contributed by atoms with E-state index in [0.29, 0.717) is 30.0 Å². The van der Waals surface area contributed by atoms with E-state index in [1.165, 1.54) is 0 Å². The van der Waals surface area contributed by atoms with Gasteiger partial charge in [-0.2, -0.15) is 5.10 Å². The molecule has 0 saturated carbocycles. The largest absolute Gasteiger partial charge is 0.496 e. The number of benzene rings is 2. The number of amides is 1. The predicted molar refractivity (Wildman–Crippen MR) is 123 cm³/mol. The first-order valence-electron chi connectivity index (χ1n) is 10.2. The molecule has 0 aliphatic heterocycles. The minimum absolute atomic E-state index is 0.0728. The first-order valence-corrected chi connectivity index (χ1v) is 10.2. The van der Waals surface area contributed by atoms with Crippen LogP contribution in [0.3, 0.4) is 0 Å². The molecule has 0 radical (unpaired) electrons. The molecule has 158 valence electrons. The van der Waals surface area contributed by atoms with E-state index in [0.717, 1.165) is 33.5 Å². The zero-order valence-electron chi connectivity index (χ0n) is 17.8. The number of nitrogens with zero attached hydrogens (tertiary/aromatic N) is 3. The van der Waals surface area contributed by atoms with E-state index in [-0.39, 0.29) is 5.91 Å². The van der Waals surface area contributed by atoms with Gasteiger partial charge in [-0.05, 0) is 49.7 Å². The number of rotatable bonds is 6. The lowest BCUT2D eigenvalue weighted by Gasteiger charge is -2.20. The summed E-state index contributed by atoms with van der Waals surface area (Å²) in [6, 6.07) is 15.3. The van der Waals surface area contributed by atoms with Crippen molar-refractivity contribution in [1.82, 2.24) is 20.1 Å². The number of para-hydroxylation sites is 1. The highest BCUT2D eigenvalue weighted by Crippen LogP contribution is 2.34. The van der Waals surface area contributed by atoms with Crippen molar-refractivity contribution in [3.8, 4) is 28.1 Å². The molecule has 2 aromatic heterocycles. The molecule has 31 heavy (non-hydrogen) atoms. The van der Waals surface area contributed by atoms with E-state index < -0.39 is 0 Å². The van der Waals surface area contributed by atoms with E-state index in [1.54, 1.807) is 24.3 Å². The number of carbonyl (C=O) groups excluding carboxylic acids is 1. The molecule has 2 heterocycles. The minimum atomic E-state index is -0.0728. The lowest BCUT2D eigenvalue weighted by Crippen LogP contribution is -2.31. The van der Waals surface area contributed by atoms with E-state index in [2.05, 4.69) is 15.2 Å². The molecule has 0 saturated heterocycles. The Labute approximate surface area is 180 Å². The summed E-state index contributed by atoms with van der Waals surface area (Å²) in [4.78, 5) is 19.2. The van der Waals surface area contributed by atoms with Gasteiger partial charge in [0.2, 0.25) is 0 Å². The third-order valence-corrected chi connectivity index (χ3v) is 5.45. The monoisotopic (exact) mass is 415 g/mol. The Hall–Kier alpha value is -3.87. The van der Waals surface area contributed by atoms with Crippen LogP contribution in [0.25, 0.3) is 33.4 Å². The second-order valence-corrected chi connectivity index (χ2v) is 7.17. The summed E-state index contributed by atoms with van der Waals surface area (Å²) in [6.07, 6.45) is 1.76. The first kappa shape index (κ1) is 20.4. The number of nitrogens with two attached hydrogens (primary N) is 1. The average Bonchev–Trinajstić information content (AvgIpc) is 3.23. The topological polar surface area (TPSA) is 97.1 Å². The van der Waals surface area contributed by atoms with Crippen molar-refractivity contribution in [3.05, 3.63) is 60.3 Å². The zero-order valence-corrected chi connectivity index (χ0v) is 17.8. The highest BCUT2D eigenvalue weighted by molar-refractivity contribution is 6.01. The lowest BCUT2D eigenvalue weighted by molar-refractivity contribution is 0.0774. The summed E-state index contributed by atoms with van der Waals surface area (Å²) in [7, 11) is 1.64. The molecule has 7 nitrogen and oxygen atoms in total. The number of aromatic amines is 1. The van der Waals surface area contributed by atoms with Gasteiger partial charge in [0.1, 0.15) is 5.75 Å². The Bertz CT molecular complexity index is 1240. The molecular formula is C24H25N5O2. The summed E-state index contributed by atoms with van der Waals surface area (Å²) < 4.78 is 5.51. The third kappa shape index (κ3) is 3.70. The van der Waals surface area contributed by atoms with Gasteiger partial charge < -0.3 is 15.4 Å². The number of methoxy groups -OCH3 is 1. The van der Waals surface area contributed by atoms with Gasteiger partial charge in [0.05, 0.1) is 18.4 Å². The van der Waals surface area contributed by atoms with Gasteiger partial charge in [0.25, 0.3) is 5.91 Å². The fraction of sp³-hybridized carbons (Fsp3) is 0.208. The molecule has 1 amide bonds. The fourth-order valence-corrected chi connectivity index (χ4v) is 3.72. The summed E-state index contributed by atoms with van der Waals surface area (Å²) in [5.41, 5.74) is 11.2. The van der Waals surface area contributed by atoms with E-state index >= 15 is 0 Å². The predicted octanol–water partition coefficient (Wildman–Crippen LogP) is 4.36. The number of hydrogen-bond donors (Lipinski definition) is 2. The molecular weight excluding hydrogens is 390 g/mol. The maximum Gasteiger partial charge on any atom is 0.255 e. The summed E-state index contributed by atoms with van der Waals surface area (Å²) >= 11 is 0. The second kappa shape index (κ2) is 8.47. The number of H-pyrrole nitrogens is 1. The van der Waals surface area contributed by atoms with E-state index in [9.17, 15) is 4.79 Å². The highest BCUT2D eigenvalue weighted by Gasteiger charge is 2.18. The van der Waals surface area contributed by atoms with Gasteiger partial charge in [-0.3, -0.25) is 9.89 Å². The van der Waals surface area contributed by atoms with Crippen LogP contribution in [0.5, 0.6) is 5.75 Å². The smallest absolute Gasteiger partial charge is 0.255 e. The maximum atomic E-state index is 12.9. The molecule has 2 aromatic carbocycles. The molecule has 0 aliphatic rings. The molecule has 7 heteroatoms. The standard InChI is InChI=1S/C24H25N5O2/c1-4-29(5-2)24(30)18-12-15(10-11-20(18)25)16-13-19-22(27-28-23(19)26-14-16)17-8-6-7-9-21(17)31-3/h6-14H,4-5,25H2,1-3H3,(H,26,27,28). The number of fused-ring (bicyclic) bond motifs is 1. The number of nitrogens with one attached hydrogen (secondary N) is 1. The van der Waals surface area contributed by atoms with Gasteiger partial charge in [0.15, 0.2) is 5.65 Å². The molecule has 0 aliphatic carbocycles. The molecule has 0 spiro atoms. The quantitative estimate of drug-likeness (QED) is 0.456. The van der Waals surface area contributed by atoms with Crippen LogP contribution in [0.4, 0.5) is 5.69 Å². The van der Waals surface area contributed by atoms with Crippen LogP contribution in [-0.2, 0) is 0 Å². The molecule has 3 N–H and O–H groups in total. The molecule has 0 fully saturated rings. The number of ether oxygens (including phenoxy) is 1. The van der Waals surface area contributed by atoms with Crippen molar-refractivity contribution in [1.29, 1.82) is 0 Å². The Balaban J connectivity index is 1.81. The van der Waals surface area contributed by atoms with Crippen molar-refractivity contribution in [2.75, 3.05) is 25.9 Å². The SMILES string of the molecule is CCN(CC)C(=O)c1cc(-c2cnc3n[nH]c(-c4ccccc4OC)c3c2)ccc1N. The van der Waals surface area contributed by atoms with Crippen molar-refractivity contribution in [2.45, 2.75) is 13.8 Å². The average molecular weight is 415 g/mol. The van der Waals surface area contributed by atoms with E-state index in [1.807, 2.05) is 56.3 Å². The Morgan fingerprint density at radius 3 is 2.61 bits per heavy atom. The number of hydrogen-bond acceptors (Lipinski definition) is 5.